The molecule has 3 heteroatoms. The third-order valence-corrected chi connectivity index (χ3v) is 3.57. The molecule has 15 heavy (non-hydrogen) atoms. The third kappa shape index (κ3) is 4.49. The molecule has 0 bridgehead atoms. The molecule has 0 aromatic rings. The second kappa shape index (κ2) is 6.46. The van der Waals surface area contributed by atoms with Crippen molar-refractivity contribution in [2.75, 3.05) is 19.6 Å². The molecule has 1 saturated heterocycles. The van der Waals surface area contributed by atoms with Crippen molar-refractivity contribution >= 4 is 0 Å². The Kier molecular flexibility index (Phi) is 5.58. The fourth-order valence-electron chi connectivity index (χ4n) is 2.08. The summed E-state index contributed by atoms with van der Waals surface area (Å²) in [5.74, 6) is 0. The van der Waals surface area contributed by atoms with Gasteiger partial charge >= 0.3 is 0 Å². The maximum atomic E-state index is 10.1. The quantitative estimate of drug-likeness (QED) is 0.624. The molecule has 0 spiro atoms. The van der Waals surface area contributed by atoms with Crippen molar-refractivity contribution in [2.45, 2.75) is 57.6 Å². The van der Waals surface area contributed by atoms with Gasteiger partial charge in [0.1, 0.15) is 0 Å². The molecule has 0 aromatic heterocycles. The Morgan fingerprint density at radius 3 is 2.60 bits per heavy atom. The van der Waals surface area contributed by atoms with Crippen LogP contribution in [0.15, 0.2) is 0 Å². The largest absolute Gasteiger partial charge is 0.389 e. The SMILES string of the molecule is CCC(O)(CC)CNCC1CCCCN1. The summed E-state index contributed by atoms with van der Waals surface area (Å²) in [6.45, 7) is 6.95. The zero-order chi connectivity index (χ0) is 11.1. The highest BCUT2D eigenvalue weighted by molar-refractivity contribution is 4.80. The minimum absolute atomic E-state index is 0.505. The molecule has 1 aliphatic rings. The van der Waals surface area contributed by atoms with E-state index in [1.165, 1.54) is 19.3 Å². The summed E-state index contributed by atoms with van der Waals surface area (Å²) in [6.07, 6.45) is 5.57. The highest BCUT2D eigenvalue weighted by Crippen LogP contribution is 2.13. The Morgan fingerprint density at radius 2 is 2.07 bits per heavy atom. The van der Waals surface area contributed by atoms with E-state index in [0.29, 0.717) is 6.04 Å². The van der Waals surface area contributed by atoms with E-state index < -0.39 is 5.60 Å². The van der Waals surface area contributed by atoms with E-state index in [9.17, 15) is 5.11 Å². The van der Waals surface area contributed by atoms with Gasteiger partial charge in [0.2, 0.25) is 0 Å². The van der Waals surface area contributed by atoms with Crippen LogP contribution in [0, 0.1) is 0 Å². The number of hydrogen-bond donors (Lipinski definition) is 3. The molecular formula is C12H26N2O. The minimum atomic E-state index is -0.505. The first-order valence-electron chi connectivity index (χ1n) is 6.36. The van der Waals surface area contributed by atoms with E-state index in [4.69, 9.17) is 0 Å². The van der Waals surface area contributed by atoms with Gasteiger partial charge in [0.15, 0.2) is 0 Å². The minimum Gasteiger partial charge on any atom is -0.389 e. The fraction of sp³-hybridized carbons (Fsp3) is 1.00. The first-order chi connectivity index (χ1) is 7.20. The van der Waals surface area contributed by atoms with Crippen molar-refractivity contribution in [3.63, 3.8) is 0 Å². The van der Waals surface area contributed by atoms with Gasteiger partial charge in [-0.15, -0.1) is 0 Å². The molecule has 1 unspecified atom stereocenters. The number of piperidine rings is 1. The van der Waals surface area contributed by atoms with Gasteiger partial charge < -0.3 is 15.7 Å². The molecule has 0 saturated carbocycles. The number of aliphatic hydroxyl groups is 1. The third-order valence-electron chi connectivity index (χ3n) is 3.57. The van der Waals surface area contributed by atoms with Gasteiger partial charge in [0.25, 0.3) is 0 Å². The predicted octanol–water partition coefficient (Wildman–Crippen LogP) is 1.27. The van der Waals surface area contributed by atoms with Gasteiger partial charge in [0.05, 0.1) is 5.60 Å². The molecule has 1 atom stereocenters. The lowest BCUT2D eigenvalue weighted by molar-refractivity contribution is 0.0320. The summed E-state index contributed by atoms with van der Waals surface area (Å²) in [5.41, 5.74) is -0.505. The van der Waals surface area contributed by atoms with Crippen molar-refractivity contribution in [3.05, 3.63) is 0 Å². The first-order valence-corrected chi connectivity index (χ1v) is 6.36. The van der Waals surface area contributed by atoms with Crippen molar-refractivity contribution in [3.8, 4) is 0 Å². The van der Waals surface area contributed by atoms with Gasteiger partial charge in [-0.05, 0) is 32.2 Å². The predicted molar refractivity (Wildman–Crippen MR) is 64.0 cm³/mol. The zero-order valence-electron chi connectivity index (χ0n) is 10.2. The van der Waals surface area contributed by atoms with Crippen LogP contribution in [0.25, 0.3) is 0 Å². The highest BCUT2D eigenvalue weighted by atomic mass is 16.3. The zero-order valence-corrected chi connectivity index (χ0v) is 10.2. The van der Waals surface area contributed by atoms with Crippen LogP contribution < -0.4 is 10.6 Å². The summed E-state index contributed by atoms with van der Waals surface area (Å²) in [4.78, 5) is 0. The van der Waals surface area contributed by atoms with Crippen molar-refractivity contribution in [2.24, 2.45) is 0 Å². The van der Waals surface area contributed by atoms with Gasteiger partial charge in [-0.25, -0.2) is 0 Å². The maximum Gasteiger partial charge on any atom is 0.0766 e. The summed E-state index contributed by atoms with van der Waals surface area (Å²) in [7, 11) is 0. The average molecular weight is 214 g/mol. The maximum absolute atomic E-state index is 10.1. The molecule has 3 nitrogen and oxygen atoms in total. The number of hydrogen-bond acceptors (Lipinski definition) is 3. The van der Waals surface area contributed by atoms with E-state index in [1.807, 2.05) is 13.8 Å². The molecule has 1 heterocycles. The standard InChI is InChI=1S/C12H26N2O/c1-3-12(15,4-2)10-13-9-11-7-5-6-8-14-11/h11,13-15H,3-10H2,1-2H3. The number of rotatable bonds is 6. The highest BCUT2D eigenvalue weighted by Gasteiger charge is 2.22. The molecule has 1 fully saturated rings. The summed E-state index contributed by atoms with van der Waals surface area (Å²) < 4.78 is 0. The molecule has 0 radical (unpaired) electrons. The lowest BCUT2D eigenvalue weighted by atomic mass is 9.97. The van der Waals surface area contributed by atoms with Gasteiger partial charge in [0, 0.05) is 19.1 Å². The molecule has 0 aliphatic carbocycles. The van der Waals surface area contributed by atoms with Gasteiger partial charge in [-0.2, -0.15) is 0 Å². The van der Waals surface area contributed by atoms with Crippen molar-refractivity contribution < 1.29 is 5.11 Å². The second-order valence-electron chi connectivity index (χ2n) is 4.71. The van der Waals surface area contributed by atoms with E-state index in [2.05, 4.69) is 10.6 Å². The van der Waals surface area contributed by atoms with Crippen LogP contribution in [-0.4, -0.2) is 36.4 Å². The summed E-state index contributed by atoms with van der Waals surface area (Å²) in [5, 5.41) is 17.0. The Hall–Kier alpha value is -0.120. The average Bonchev–Trinajstić information content (AvgIpc) is 2.30. The molecule has 3 N–H and O–H groups in total. The van der Waals surface area contributed by atoms with E-state index in [-0.39, 0.29) is 0 Å². The molecule has 90 valence electrons. The molecule has 0 aromatic carbocycles. The van der Waals surface area contributed by atoms with Crippen LogP contribution >= 0.6 is 0 Å². The molecule has 1 aliphatic heterocycles. The Labute approximate surface area is 93.6 Å². The van der Waals surface area contributed by atoms with Gasteiger partial charge in [-0.3, -0.25) is 0 Å². The van der Waals surface area contributed by atoms with Crippen molar-refractivity contribution in [1.29, 1.82) is 0 Å². The Morgan fingerprint density at radius 1 is 1.33 bits per heavy atom. The van der Waals surface area contributed by atoms with E-state index in [1.54, 1.807) is 0 Å². The number of nitrogens with one attached hydrogen (secondary N) is 2. The molecule has 0 amide bonds. The summed E-state index contributed by atoms with van der Waals surface area (Å²) >= 11 is 0. The van der Waals surface area contributed by atoms with Crippen LogP contribution in [0.2, 0.25) is 0 Å². The monoisotopic (exact) mass is 214 g/mol. The lowest BCUT2D eigenvalue weighted by Crippen LogP contribution is -2.46. The smallest absolute Gasteiger partial charge is 0.0766 e. The van der Waals surface area contributed by atoms with Crippen molar-refractivity contribution in [1.82, 2.24) is 10.6 Å². The molecular weight excluding hydrogens is 188 g/mol. The Balaban J connectivity index is 2.14. The van der Waals surface area contributed by atoms with Crippen LogP contribution in [0.3, 0.4) is 0 Å². The normalized spacial score (nSPS) is 23.0. The van der Waals surface area contributed by atoms with Crippen LogP contribution in [0.1, 0.15) is 46.0 Å². The Bertz CT molecular complexity index is 163. The van der Waals surface area contributed by atoms with Crippen LogP contribution in [0.5, 0.6) is 0 Å². The first kappa shape index (κ1) is 12.9. The van der Waals surface area contributed by atoms with E-state index >= 15 is 0 Å². The van der Waals surface area contributed by atoms with E-state index in [0.717, 1.165) is 32.5 Å². The molecule has 1 rings (SSSR count). The van der Waals surface area contributed by atoms with Gasteiger partial charge in [-0.1, -0.05) is 20.3 Å². The lowest BCUT2D eigenvalue weighted by Gasteiger charge is -2.28. The topological polar surface area (TPSA) is 44.3 Å². The second-order valence-corrected chi connectivity index (χ2v) is 4.71. The van der Waals surface area contributed by atoms with Crippen LogP contribution in [-0.2, 0) is 0 Å². The van der Waals surface area contributed by atoms with Crippen LogP contribution in [0.4, 0.5) is 0 Å². The summed E-state index contributed by atoms with van der Waals surface area (Å²) in [6, 6.07) is 0.608. The fourth-order valence-corrected chi connectivity index (χ4v) is 2.08.